The number of hydrogen-bond donors (Lipinski definition) is 0. The number of aromatic nitrogens is 5. The zero-order valence-corrected chi connectivity index (χ0v) is 10.4. The van der Waals surface area contributed by atoms with Crippen molar-refractivity contribution in [1.29, 1.82) is 0 Å². The summed E-state index contributed by atoms with van der Waals surface area (Å²) in [6, 6.07) is 3.45. The van der Waals surface area contributed by atoms with Gasteiger partial charge in [0.25, 0.3) is 0 Å². The van der Waals surface area contributed by atoms with E-state index in [0.29, 0.717) is 17.5 Å². The summed E-state index contributed by atoms with van der Waals surface area (Å²) in [6.07, 6.45) is 2.95. The fourth-order valence-electron chi connectivity index (χ4n) is 1.54. The highest BCUT2D eigenvalue weighted by molar-refractivity contribution is 5.86. The van der Waals surface area contributed by atoms with Crippen molar-refractivity contribution in [2.24, 2.45) is 0 Å². The highest BCUT2D eigenvalue weighted by atomic mass is 16.5. The molecule has 0 radical (unpaired) electrons. The molecule has 0 aliphatic rings. The Kier molecular flexibility index (Phi) is 2.99. The molecule has 3 rings (SSSR count). The predicted molar refractivity (Wildman–Crippen MR) is 62.5 cm³/mol. The molecule has 3 aromatic rings. The Morgan fingerprint density at radius 1 is 1.50 bits per heavy atom. The van der Waals surface area contributed by atoms with Gasteiger partial charge in [0.15, 0.2) is 11.5 Å². The van der Waals surface area contributed by atoms with Crippen LogP contribution in [0.4, 0.5) is 0 Å². The fourth-order valence-corrected chi connectivity index (χ4v) is 1.54. The molecule has 0 spiro atoms. The molecule has 9 nitrogen and oxygen atoms in total. The van der Waals surface area contributed by atoms with Crippen LogP contribution in [0.3, 0.4) is 0 Å². The number of ether oxygens (including phenoxy) is 1. The van der Waals surface area contributed by atoms with Gasteiger partial charge in [-0.05, 0) is 12.1 Å². The van der Waals surface area contributed by atoms with Crippen LogP contribution < -0.4 is 0 Å². The number of rotatable bonds is 4. The van der Waals surface area contributed by atoms with E-state index in [9.17, 15) is 4.79 Å². The van der Waals surface area contributed by atoms with E-state index in [4.69, 9.17) is 8.94 Å². The number of esters is 1. The van der Waals surface area contributed by atoms with Crippen LogP contribution >= 0.6 is 0 Å². The summed E-state index contributed by atoms with van der Waals surface area (Å²) in [5.41, 5.74) is 0.110. The number of furan rings is 1. The van der Waals surface area contributed by atoms with Crippen molar-refractivity contribution in [3.05, 3.63) is 36.2 Å². The van der Waals surface area contributed by atoms with Crippen LogP contribution in [-0.2, 0) is 11.3 Å². The van der Waals surface area contributed by atoms with Gasteiger partial charge in [-0.3, -0.25) is 0 Å². The zero-order chi connectivity index (χ0) is 13.9. The summed E-state index contributed by atoms with van der Waals surface area (Å²) in [5, 5.41) is 11.2. The van der Waals surface area contributed by atoms with Gasteiger partial charge in [0.2, 0.25) is 11.7 Å². The molecule has 0 aromatic carbocycles. The third-order valence-electron chi connectivity index (χ3n) is 2.44. The highest BCUT2D eigenvalue weighted by Crippen LogP contribution is 2.15. The van der Waals surface area contributed by atoms with Gasteiger partial charge >= 0.3 is 5.97 Å². The van der Waals surface area contributed by atoms with E-state index >= 15 is 0 Å². The molecule has 0 N–H and O–H groups in total. The molecular formula is C11H9N5O4. The first kappa shape index (κ1) is 12.1. The lowest BCUT2D eigenvalue weighted by Crippen LogP contribution is -2.02. The second kappa shape index (κ2) is 4.96. The summed E-state index contributed by atoms with van der Waals surface area (Å²) < 4.78 is 16.1. The molecule has 0 atom stereocenters. The SMILES string of the molecule is COC(=O)c1cn(Cc2nc(-c3ccco3)no2)nn1. The lowest BCUT2D eigenvalue weighted by atomic mass is 10.4. The molecule has 20 heavy (non-hydrogen) atoms. The molecule has 0 fully saturated rings. The van der Waals surface area contributed by atoms with Crippen molar-refractivity contribution in [2.45, 2.75) is 6.54 Å². The van der Waals surface area contributed by atoms with Crippen LogP contribution in [0, 0.1) is 0 Å². The summed E-state index contributed by atoms with van der Waals surface area (Å²) in [5.74, 6) is 0.614. The third-order valence-corrected chi connectivity index (χ3v) is 2.44. The van der Waals surface area contributed by atoms with Crippen LogP contribution in [0.1, 0.15) is 16.4 Å². The number of hydrogen-bond acceptors (Lipinski definition) is 8. The Labute approximate surface area is 112 Å². The Bertz CT molecular complexity index is 715. The molecule has 0 bridgehead atoms. The average molecular weight is 275 g/mol. The summed E-state index contributed by atoms with van der Waals surface area (Å²) in [7, 11) is 1.27. The van der Waals surface area contributed by atoms with Crippen LogP contribution in [0.15, 0.2) is 33.5 Å². The molecule has 0 unspecified atom stereocenters. The molecule has 0 saturated heterocycles. The minimum atomic E-state index is -0.557. The maximum Gasteiger partial charge on any atom is 0.360 e. The van der Waals surface area contributed by atoms with Crippen LogP contribution in [0.5, 0.6) is 0 Å². The van der Waals surface area contributed by atoms with Crippen LogP contribution in [0.25, 0.3) is 11.6 Å². The van der Waals surface area contributed by atoms with E-state index in [1.807, 2.05) is 0 Å². The molecule has 3 heterocycles. The molecule has 0 saturated carbocycles. The average Bonchev–Trinajstić information content (AvgIpc) is 3.19. The van der Waals surface area contributed by atoms with Crippen molar-refractivity contribution in [3.8, 4) is 11.6 Å². The quantitative estimate of drug-likeness (QED) is 0.642. The summed E-state index contributed by atoms with van der Waals surface area (Å²) in [6.45, 7) is 0.192. The molecule has 0 amide bonds. The van der Waals surface area contributed by atoms with Crippen molar-refractivity contribution in [2.75, 3.05) is 7.11 Å². The number of nitrogens with zero attached hydrogens (tertiary/aromatic N) is 5. The van der Waals surface area contributed by atoms with Crippen molar-refractivity contribution < 1.29 is 18.5 Å². The second-order valence-corrected chi connectivity index (χ2v) is 3.78. The van der Waals surface area contributed by atoms with E-state index in [0.717, 1.165) is 0 Å². The van der Waals surface area contributed by atoms with Gasteiger partial charge in [-0.15, -0.1) is 5.10 Å². The van der Waals surface area contributed by atoms with E-state index in [1.54, 1.807) is 12.1 Å². The first-order valence-electron chi connectivity index (χ1n) is 5.61. The van der Waals surface area contributed by atoms with E-state index < -0.39 is 5.97 Å². The molecule has 0 aliphatic carbocycles. The molecule has 0 aliphatic heterocycles. The van der Waals surface area contributed by atoms with Gasteiger partial charge in [0.05, 0.1) is 19.6 Å². The van der Waals surface area contributed by atoms with Crippen LogP contribution in [0.2, 0.25) is 0 Å². The Morgan fingerprint density at radius 3 is 3.15 bits per heavy atom. The van der Waals surface area contributed by atoms with Crippen molar-refractivity contribution in [3.63, 3.8) is 0 Å². The number of carbonyl (C=O) groups excluding carboxylic acids is 1. The number of carbonyl (C=O) groups is 1. The van der Waals surface area contributed by atoms with Gasteiger partial charge < -0.3 is 13.7 Å². The minimum absolute atomic E-state index is 0.110. The molecule has 9 heteroatoms. The summed E-state index contributed by atoms with van der Waals surface area (Å²) >= 11 is 0. The Balaban J connectivity index is 1.75. The smallest absolute Gasteiger partial charge is 0.360 e. The van der Waals surface area contributed by atoms with Gasteiger partial charge in [0.1, 0.15) is 6.54 Å². The zero-order valence-electron chi connectivity index (χ0n) is 10.4. The minimum Gasteiger partial charge on any atom is -0.464 e. The maximum atomic E-state index is 11.2. The first-order chi connectivity index (χ1) is 9.76. The summed E-state index contributed by atoms with van der Waals surface area (Å²) in [4.78, 5) is 15.4. The lowest BCUT2D eigenvalue weighted by Gasteiger charge is -1.92. The van der Waals surface area contributed by atoms with Gasteiger partial charge in [-0.1, -0.05) is 10.4 Å². The standard InChI is InChI=1S/C11H9N5O4/c1-18-11(17)7-5-16(15-13-7)6-9-12-10(14-20-9)8-3-2-4-19-8/h2-5H,6H2,1H3. The van der Waals surface area contributed by atoms with E-state index in [-0.39, 0.29) is 12.2 Å². The highest BCUT2D eigenvalue weighted by Gasteiger charge is 2.14. The predicted octanol–water partition coefficient (Wildman–Crippen LogP) is 0.756. The topological polar surface area (TPSA) is 109 Å². The Morgan fingerprint density at radius 2 is 2.40 bits per heavy atom. The van der Waals surface area contributed by atoms with Crippen molar-refractivity contribution >= 4 is 5.97 Å². The number of methoxy groups -OCH3 is 1. The van der Waals surface area contributed by atoms with Crippen molar-refractivity contribution in [1.82, 2.24) is 25.1 Å². The maximum absolute atomic E-state index is 11.2. The largest absolute Gasteiger partial charge is 0.464 e. The molecule has 102 valence electrons. The third kappa shape index (κ3) is 2.28. The monoisotopic (exact) mass is 275 g/mol. The second-order valence-electron chi connectivity index (χ2n) is 3.78. The fraction of sp³-hybridized carbons (Fsp3) is 0.182. The van der Waals surface area contributed by atoms with Gasteiger partial charge in [-0.2, -0.15) is 4.98 Å². The molecule has 3 aromatic heterocycles. The van der Waals surface area contributed by atoms with Crippen LogP contribution in [-0.4, -0.2) is 38.2 Å². The van der Waals surface area contributed by atoms with E-state index in [2.05, 4.69) is 25.2 Å². The Hall–Kier alpha value is -2.97. The van der Waals surface area contributed by atoms with Gasteiger partial charge in [-0.25, -0.2) is 9.48 Å². The first-order valence-corrected chi connectivity index (χ1v) is 5.61. The normalized spacial score (nSPS) is 10.7. The molecular weight excluding hydrogens is 266 g/mol. The lowest BCUT2D eigenvalue weighted by molar-refractivity contribution is 0.0594. The van der Waals surface area contributed by atoms with E-state index in [1.165, 1.54) is 24.3 Å². The van der Waals surface area contributed by atoms with Gasteiger partial charge in [0, 0.05) is 0 Å².